The highest BCUT2D eigenvalue weighted by atomic mass is 32.1. The van der Waals surface area contributed by atoms with E-state index in [4.69, 9.17) is 4.74 Å². The predicted octanol–water partition coefficient (Wildman–Crippen LogP) is 3.01. The number of aromatic nitrogens is 1. The van der Waals surface area contributed by atoms with Crippen LogP contribution in [0.1, 0.15) is 54.9 Å². The standard InChI is InChI=1S/C18H18N2O5S/c1-9-3-4-11-13(7-9)26-16(14(11)18(24)25-2)20-15(21)10-5-6-19-8-12(10)17(22)23/h5-6,8-9H,3-4,7H2,1-2H3,(H,20,21)(H,22,23). The molecule has 3 rings (SSSR count). The first-order chi connectivity index (χ1) is 12.4. The molecule has 2 aromatic heterocycles. The second-order valence-corrected chi connectivity index (χ2v) is 7.33. The highest BCUT2D eigenvalue weighted by molar-refractivity contribution is 7.17. The normalized spacial score (nSPS) is 15.8. The molecule has 26 heavy (non-hydrogen) atoms. The van der Waals surface area contributed by atoms with Crippen molar-refractivity contribution in [2.24, 2.45) is 5.92 Å². The zero-order chi connectivity index (χ0) is 18.8. The Labute approximate surface area is 154 Å². The van der Waals surface area contributed by atoms with Gasteiger partial charge in [0.05, 0.1) is 23.8 Å². The number of anilines is 1. The number of amides is 1. The Hall–Kier alpha value is -2.74. The first-order valence-corrected chi connectivity index (χ1v) is 8.95. The van der Waals surface area contributed by atoms with Crippen LogP contribution in [-0.4, -0.2) is 35.0 Å². The van der Waals surface area contributed by atoms with Crippen molar-refractivity contribution >= 4 is 34.2 Å². The van der Waals surface area contributed by atoms with E-state index in [9.17, 15) is 19.5 Å². The molecule has 8 heteroatoms. The number of aromatic carboxylic acids is 1. The molecule has 0 aromatic carbocycles. The summed E-state index contributed by atoms with van der Waals surface area (Å²) in [5, 5.41) is 12.3. The largest absolute Gasteiger partial charge is 0.478 e. The lowest BCUT2D eigenvalue weighted by Crippen LogP contribution is -2.18. The number of carbonyl (C=O) groups is 3. The van der Waals surface area contributed by atoms with E-state index in [1.165, 1.54) is 30.7 Å². The number of hydrogen-bond donors (Lipinski definition) is 2. The van der Waals surface area contributed by atoms with Gasteiger partial charge < -0.3 is 15.2 Å². The summed E-state index contributed by atoms with van der Waals surface area (Å²) in [6.45, 7) is 2.15. The molecule has 136 valence electrons. The number of ether oxygens (including phenoxy) is 1. The lowest BCUT2D eigenvalue weighted by atomic mass is 9.88. The van der Waals surface area contributed by atoms with Crippen molar-refractivity contribution in [3.8, 4) is 0 Å². The molecule has 1 atom stereocenters. The molecule has 7 nitrogen and oxygen atoms in total. The third-order valence-corrected chi connectivity index (χ3v) is 5.59. The average Bonchev–Trinajstić information content (AvgIpc) is 2.97. The van der Waals surface area contributed by atoms with Gasteiger partial charge in [-0.2, -0.15) is 0 Å². The molecule has 2 heterocycles. The van der Waals surface area contributed by atoms with Crippen LogP contribution >= 0.6 is 11.3 Å². The summed E-state index contributed by atoms with van der Waals surface area (Å²) in [7, 11) is 1.30. The van der Waals surface area contributed by atoms with Gasteiger partial charge in [0.2, 0.25) is 0 Å². The molecule has 2 N–H and O–H groups in total. The van der Waals surface area contributed by atoms with E-state index >= 15 is 0 Å². The van der Waals surface area contributed by atoms with Crippen LogP contribution in [-0.2, 0) is 17.6 Å². The van der Waals surface area contributed by atoms with E-state index in [1.807, 2.05) is 0 Å². The number of carboxylic acid groups (broad SMARTS) is 1. The van der Waals surface area contributed by atoms with E-state index < -0.39 is 17.8 Å². The van der Waals surface area contributed by atoms with Gasteiger partial charge in [0.15, 0.2) is 0 Å². The molecule has 0 saturated carbocycles. The molecular formula is C18H18N2O5S. The van der Waals surface area contributed by atoms with Crippen molar-refractivity contribution in [1.82, 2.24) is 4.98 Å². The number of carbonyl (C=O) groups excluding carboxylic acids is 2. The van der Waals surface area contributed by atoms with Crippen LogP contribution < -0.4 is 5.32 Å². The second kappa shape index (κ2) is 7.25. The minimum Gasteiger partial charge on any atom is -0.478 e. The third-order valence-electron chi connectivity index (χ3n) is 4.42. The Morgan fingerprint density at radius 1 is 1.35 bits per heavy atom. The molecule has 2 aromatic rings. The smallest absolute Gasteiger partial charge is 0.341 e. The lowest BCUT2D eigenvalue weighted by molar-refractivity contribution is 0.0599. The minimum atomic E-state index is -1.24. The van der Waals surface area contributed by atoms with Gasteiger partial charge in [-0.3, -0.25) is 9.78 Å². The van der Waals surface area contributed by atoms with Crippen LogP contribution in [0, 0.1) is 5.92 Å². The number of carboxylic acids is 1. The zero-order valence-electron chi connectivity index (χ0n) is 14.4. The molecule has 1 aliphatic rings. The highest BCUT2D eigenvalue weighted by Gasteiger charge is 2.29. The summed E-state index contributed by atoms with van der Waals surface area (Å²) in [6.07, 6.45) is 5.04. The number of hydrogen-bond acceptors (Lipinski definition) is 6. The SMILES string of the molecule is COC(=O)c1c(NC(=O)c2ccncc2C(=O)O)sc2c1CCC(C)C2. The van der Waals surface area contributed by atoms with Crippen molar-refractivity contribution in [2.45, 2.75) is 26.2 Å². The van der Waals surface area contributed by atoms with E-state index in [2.05, 4.69) is 17.2 Å². The maximum absolute atomic E-state index is 12.6. The van der Waals surface area contributed by atoms with Gasteiger partial charge in [-0.1, -0.05) is 6.92 Å². The van der Waals surface area contributed by atoms with Crippen LogP contribution in [0.5, 0.6) is 0 Å². The molecule has 0 spiro atoms. The van der Waals surface area contributed by atoms with Gasteiger partial charge in [0.25, 0.3) is 5.91 Å². The van der Waals surface area contributed by atoms with Crippen LogP contribution in [0.2, 0.25) is 0 Å². The van der Waals surface area contributed by atoms with Crippen molar-refractivity contribution < 1.29 is 24.2 Å². The predicted molar refractivity (Wildman–Crippen MR) is 96.0 cm³/mol. The van der Waals surface area contributed by atoms with E-state index in [0.717, 1.165) is 35.9 Å². The number of esters is 1. The number of rotatable bonds is 4. The van der Waals surface area contributed by atoms with Gasteiger partial charge >= 0.3 is 11.9 Å². The van der Waals surface area contributed by atoms with Gasteiger partial charge in [-0.15, -0.1) is 11.3 Å². The maximum atomic E-state index is 12.6. The molecule has 1 unspecified atom stereocenters. The summed E-state index contributed by atoms with van der Waals surface area (Å²) in [5.74, 6) is -1.83. The van der Waals surface area contributed by atoms with Gasteiger partial charge in [0.1, 0.15) is 5.00 Å². The van der Waals surface area contributed by atoms with Crippen molar-refractivity contribution in [3.63, 3.8) is 0 Å². The summed E-state index contributed by atoms with van der Waals surface area (Å²) < 4.78 is 4.89. The number of methoxy groups -OCH3 is 1. The Bertz CT molecular complexity index is 890. The van der Waals surface area contributed by atoms with Crippen molar-refractivity contribution in [2.75, 3.05) is 12.4 Å². The Balaban J connectivity index is 1.99. The third kappa shape index (κ3) is 3.32. The fraction of sp³-hybridized carbons (Fsp3) is 0.333. The van der Waals surface area contributed by atoms with Crippen LogP contribution in [0.25, 0.3) is 0 Å². The first kappa shape index (κ1) is 18.1. The molecule has 0 bridgehead atoms. The van der Waals surface area contributed by atoms with Gasteiger partial charge in [-0.05, 0) is 36.8 Å². The topological polar surface area (TPSA) is 106 Å². The second-order valence-electron chi connectivity index (χ2n) is 6.23. The highest BCUT2D eigenvalue weighted by Crippen LogP contribution is 2.40. The van der Waals surface area contributed by atoms with E-state index in [0.29, 0.717) is 16.5 Å². The molecule has 1 amide bonds. The number of nitrogens with zero attached hydrogens (tertiary/aromatic N) is 1. The fourth-order valence-corrected chi connectivity index (χ4v) is 4.48. The number of pyridine rings is 1. The van der Waals surface area contributed by atoms with Crippen molar-refractivity contribution in [1.29, 1.82) is 0 Å². The summed E-state index contributed by atoms with van der Waals surface area (Å²) in [6, 6.07) is 1.34. The Morgan fingerprint density at radius 2 is 2.12 bits per heavy atom. The minimum absolute atomic E-state index is 0.0111. The molecular weight excluding hydrogens is 356 g/mol. The van der Waals surface area contributed by atoms with Crippen molar-refractivity contribution in [3.05, 3.63) is 45.6 Å². The Kier molecular flexibility index (Phi) is 5.03. The van der Waals surface area contributed by atoms with Crippen LogP contribution in [0.4, 0.5) is 5.00 Å². The first-order valence-electron chi connectivity index (χ1n) is 8.13. The van der Waals surface area contributed by atoms with Crippen LogP contribution in [0.3, 0.4) is 0 Å². The quantitative estimate of drug-likeness (QED) is 0.797. The number of thiophene rings is 1. The summed E-state index contributed by atoms with van der Waals surface area (Å²) >= 11 is 1.35. The van der Waals surface area contributed by atoms with Crippen LogP contribution in [0.15, 0.2) is 18.5 Å². The van der Waals surface area contributed by atoms with Gasteiger partial charge in [0, 0.05) is 17.3 Å². The fourth-order valence-electron chi connectivity index (χ4n) is 3.09. The Morgan fingerprint density at radius 3 is 2.81 bits per heavy atom. The number of fused-ring (bicyclic) bond motifs is 1. The summed E-state index contributed by atoms with van der Waals surface area (Å²) in [5.41, 5.74) is 1.09. The molecule has 0 radical (unpaired) electrons. The average molecular weight is 374 g/mol. The van der Waals surface area contributed by atoms with E-state index in [-0.39, 0.29) is 11.1 Å². The monoisotopic (exact) mass is 374 g/mol. The lowest BCUT2D eigenvalue weighted by Gasteiger charge is -2.18. The van der Waals surface area contributed by atoms with E-state index in [1.54, 1.807) is 0 Å². The number of nitrogens with one attached hydrogen (secondary N) is 1. The molecule has 1 aliphatic carbocycles. The van der Waals surface area contributed by atoms with Gasteiger partial charge in [-0.25, -0.2) is 9.59 Å². The maximum Gasteiger partial charge on any atom is 0.341 e. The summed E-state index contributed by atoms with van der Waals surface area (Å²) in [4.78, 5) is 41.0. The molecule has 0 fully saturated rings. The molecule has 0 aliphatic heterocycles. The zero-order valence-corrected chi connectivity index (χ0v) is 15.2. The molecule has 0 saturated heterocycles.